The lowest BCUT2D eigenvalue weighted by Crippen LogP contribution is -2.36. The van der Waals surface area contributed by atoms with Gasteiger partial charge in [-0.3, -0.25) is 14.6 Å². The Bertz CT molecular complexity index is 861. The van der Waals surface area contributed by atoms with Crippen LogP contribution in [-0.2, 0) is 4.79 Å². The van der Waals surface area contributed by atoms with E-state index in [0.717, 1.165) is 15.6 Å². The summed E-state index contributed by atoms with van der Waals surface area (Å²) in [6.45, 7) is 3.95. The third-order valence-corrected chi connectivity index (χ3v) is 5.50. The highest BCUT2D eigenvalue weighted by atomic mass is 35.5. The summed E-state index contributed by atoms with van der Waals surface area (Å²) in [5.74, 6) is 0.413. The van der Waals surface area contributed by atoms with Crippen LogP contribution in [0.1, 0.15) is 19.9 Å². The van der Waals surface area contributed by atoms with E-state index < -0.39 is 0 Å². The van der Waals surface area contributed by atoms with E-state index in [1.807, 2.05) is 43.5 Å². The molecule has 1 N–H and O–H groups in total. The summed E-state index contributed by atoms with van der Waals surface area (Å²) in [6, 6.07) is 7.68. The van der Waals surface area contributed by atoms with Crippen LogP contribution in [0.25, 0.3) is 11.3 Å². The fraction of sp³-hybridized carbons (Fsp3) is 0.250. The number of thiazole rings is 1. The number of hydrogen-bond acceptors (Lipinski definition) is 6. The summed E-state index contributed by atoms with van der Waals surface area (Å²) in [4.78, 5) is 16.5. The number of thioether (sulfide) groups is 1. The Morgan fingerprint density at radius 3 is 2.84 bits per heavy atom. The van der Waals surface area contributed by atoms with Crippen molar-refractivity contribution < 1.29 is 14.0 Å². The number of anilines is 1. The van der Waals surface area contributed by atoms with Gasteiger partial charge in [-0.15, -0.1) is 11.3 Å². The summed E-state index contributed by atoms with van der Waals surface area (Å²) in [7, 11) is 0. The Morgan fingerprint density at radius 1 is 1.40 bits per heavy atom. The van der Waals surface area contributed by atoms with Crippen molar-refractivity contribution in [3.8, 4) is 11.3 Å². The minimum absolute atomic E-state index is 0.166. The molecule has 9 heteroatoms. The standard InChI is InChI=1S/C16H15ClN4O2S2/c1-10(2)21-7-15(23-20-21)19-14(22)9-25-16-18-13(8-24-16)11-3-5-12(17)6-4-11/h3-8,10H,9H2,1-2H3/p+1. The zero-order valence-corrected chi connectivity index (χ0v) is 16.0. The number of amides is 1. The normalized spacial score (nSPS) is 11.0. The van der Waals surface area contributed by atoms with Crippen LogP contribution in [0.3, 0.4) is 0 Å². The second-order valence-electron chi connectivity index (χ2n) is 5.48. The Balaban J connectivity index is 1.54. The molecule has 0 aliphatic heterocycles. The summed E-state index contributed by atoms with van der Waals surface area (Å²) in [5, 5.41) is 9.17. The molecular weight excluding hydrogens is 380 g/mol. The zero-order chi connectivity index (χ0) is 17.8. The third-order valence-electron chi connectivity index (χ3n) is 3.22. The van der Waals surface area contributed by atoms with E-state index in [4.69, 9.17) is 16.1 Å². The molecule has 0 atom stereocenters. The van der Waals surface area contributed by atoms with Gasteiger partial charge in [-0.2, -0.15) is 0 Å². The molecule has 0 aliphatic rings. The van der Waals surface area contributed by atoms with Gasteiger partial charge >= 0.3 is 5.88 Å². The molecule has 2 aromatic heterocycles. The van der Waals surface area contributed by atoms with Crippen LogP contribution in [0.2, 0.25) is 5.02 Å². The highest BCUT2D eigenvalue weighted by Gasteiger charge is 2.17. The van der Waals surface area contributed by atoms with Crippen LogP contribution in [-0.4, -0.2) is 21.9 Å². The Morgan fingerprint density at radius 2 is 2.16 bits per heavy atom. The van der Waals surface area contributed by atoms with Crippen molar-refractivity contribution in [2.45, 2.75) is 24.2 Å². The lowest BCUT2D eigenvalue weighted by Gasteiger charge is -1.98. The van der Waals surface area contributed by atoms with Gasteiger partial charge in [0, 0.05) is 16.0 Å². The Hall–Kier alpha value is -1.90. The smallest absolute Gasteiger partial charge is 0.288 e. The SMILES string of the molecule is CC(C)[n+]1cc(NC(=O)CSc2nc(-c3ccc(Cl)cc3)cs2)on1. The van der Waals surface area contributed by atoms with Crippen molar-refractivity contribution in [3.63, 3.8) is 0 Å². The summed E-state index contributed by atoms with van der Waals surface area (Å²) >= 11 is 8.78. The lowest BCUT2D eigenvalue weighted by molar-refractivity contribution is -0.779. The summed E-state index contributed by atoms with van der Waals surface area (Å²) < 4.78 is 7.54. The number of aromatic nitrogens is 3. The molecule has 0 unspecified atom stereocenters. The first-order chi connectivity index (χ1) is 12.0. The van der Waals surface area contributed by atoms with Gasteiger partial charge in [-0.1, -0.05) is 35.5 Å². The van der Waals surface area contributed by atoms with Crippen LogP contribution >= 0.6 is 34.7 Å². The average Bonchev–Trinajstić information content (AvgIpc) is 3.23. The van der Waals surface area contributed by atoms with E-state index in [2.05, 4.69) is 15.6 Å². The topological polar surface area (TPSA) is 71.9 Å². The number of benzene rings is 1. The van der Waals surface area contributed by atoms with E-state index in [1.54, 1.807) is 10.9 Å². The third kappa shape index (κ3) is 4.81. The molecule has 0 bridgehead atoms. The molecule has 130 valence electrons. The molecule has 0 saturated heterocycles. The van der Waals surface area contributed by atoms with Gasteiger partial charge in [-0.25, -0.2) is 4.98 Å². The predicted octanol–water partition coefficient (Wildman–Crippen LogP) is 4.05. The first-order valence-electron chi connectivity index (χ1n) is 7.53. The van der Waals surface area contributed by atoms with E-state index in [1.165, 1.54) is 23.1 Å². The maximum Gasteiger partial charge on any atom is 0.302 e. The second kappa shape index (κ2) is 7.99. The molecule has 2 heterocycles. The van der Waals surface area contributed by atoms with Crippen molar-refractivity contribution in [2.24, 2.45) is 0 Å². The molecule has 0 spiro atoms. The van der Waals surface area contributed by atoms with Crippen LogP contribution in [0.4, 0.5) is 5.88 Å². The van der Waals surface area contributed by atoms with E-state index in [0.29, 0.717) is 10.9 Å². The van der Waals surface area contributed by atoms with Gasteiger partial charge in [0.25, 0.3) is 6.20 Å². The van der Waals surface area contributed by atoms with Crippen molar-refractivity contribution in [1.29, 1.82) is 0 Å². The van der Waals surface area contributed by atoms with E-state index >= 15 is 0 Å². The molecule has 1 aromatic carbocycles. The average molecular weight is 396 g/mol. The van der Waals surface area contributed by atoms with Gasteiger partial charge in [0.05, 0.1) is 11.4 Å². The monoisotopic (exact) mass is 395 g/mol. The number of nitrogens with one attached hydrogen (secondary N) is 1. The molecule has 0 aliphatic carbocycles. The zero-order valence-electron chi connectivity index (χ0n) is 13.6. The van der Waals surface area contributed by atoms with E-state index in [9.17, 15) is 4.79 Å². The summed E-state index contributed by atoms with van der Waals surface area (Å²) in [6.07, 6.45) is 1.66. The maximum atomic E-state index is 12.0. The number of hydrogen-bond donors (Lipinski definition) is 1. The van der Waals surface area contributed by atoms with Crippen LogP contribution in [0.15, 0.2) is 44.7 Å². The molecule has 0 fully saturated rings. The molecule has 0 radical (unpaired) electrons. The van der Waals surface area contributed by atoms with Crippen molar-refractivity contribution in [3.05, 3.63) is 40.9 Å². The Kier molecular flexibility index (Phi) is 5.72. The first-order valence-corrected chi connectivity index (χ1v) is 9.78. The fourth-order valence-corrected chi connectivity index (χ4v) is 3.70. The predicted molar refractivity (Wildman–Crippen MR) is 99.0 cm³/mol. The van der Waals surface area contributed by atoms with Gasteiger partial charge in [0.1, 0.15) is 0 Å². The van der Waals surface area contributed by atoms with Gasteiger partial charge < -0.3 is 0 Å². The number of rotatable bonds is 6. The molecular formula is C16H16ClN4O2S2+. The summed E-state index contributed by atoms with van der Waals surface area (Å²) in [5.41, 5.74) is 1.87. The van der Waals surface area contributed by atoms with E-state index in [-0.39, 0.29) is 17.7 Å². The van der Waals surface area contributed by atoms with Crippen LogP contribution in [0, 0.1) is 0 Å². The molecule has 1 amide bonds. The minimum Gasteiger partial charge on any atom is -0.288 e. The molecule has 0 saturated carbocycles. The minimum atomic E-state index is -0.166. The number of halogens is 1. The lowest BCUT2D eigenvalue weighted by atomic mass is 10.2. The number of nitrogens with zero attached hydrogens (tertiary/aromatic N) is 3. The quantitative estimate of drug-likeness (QED) is 0.503. The maximum absolute atomic E-state index is 12.0. The first kappa shape index (κ1) is 17.9. The molecule has 25 heavy (non-hydrogen) atoms. The molecule has 3 aromatic rings. The largest absolute Gasteiger partial charge is 0.302 e. The number of carbonyl (C=O) groups excluding carboxylic acids is 1. The van der Waals surface area contributed by atoms with Gasteiger partial charge in [-0.05, 0) is 30.7 Å². The van der Waals surface area contributed by atoms with Crippen molar-refractivity contribution in [2.75, 3.05) is 11.1 Å². The van der Waals surface area contributed by atoms with Crippen molar-refractivity contribution >= 4 is 46.5 Å². The van der Waals surface area contributed by atoms with Gasteiger partial charge in [0.15, 0.2) is 10.4 Å². The Labute approximate surface area is 158 Å². The number of carbonyl (C=O) groups is 1. The van der Waals surface area contributed by atoms with Crippen LogP contribution < -0.4 is 10.00 Å². The fourth-order valence-electron chi connectivity index (χ4n) is 1.93. The molecule has 3 rings (SSSR count). The van der Waals surface area contributed by atoms with Crippen LogP contribution in [0.5, 0.6) is 0 Å². The highest BCUT2D eigenvalue weighted by molar-refractivity contribution is 8.01. The van der Waals surface area contributed by atoms with Crippen molar-refractivity contribution in [1.82, 2.24) is 10.3 Å². The molecule has 6 nitrogen and oxygen atoms in total. The highest BCUT2D eigenvalue weighted by Crippen LogP contribution is 2.28. The second-order valence-corrected chi connectivity index (χ2v) is 8.00. The van der Waals surface area contributed by atoms with Gasteiger partial charge in [0.2, 0.25) is 11.2 Å².